The number of morpholine rings is 1. The third kappa shape index (κ3) is 4.21. The fourth-order valence-corrected chi connectivity index (χ4v) is 6.36. The third-order valence-electron chi connectivity index (χ3n) is 6.09. The number of aromatic nitrogens is 2. The summed E-state index contributed by atoms with van der Waals surface area (Å²) < 4.78 is 35.8. The molecule has 0 saturated carbocycles. The van der Waals surface area contributed by atoms with E-state index < -0.39 is 10.0 Å². The molecule has 0 radical (unpaired) electrons. The summed E-state index contributed by atoms with van der Waals surface area (Å²) in [5.41, 5.74) is 1.78. The topological polar surface area (TPSA) is 68.9 Å². The molecular weight excluding hydrogens is 388 g/mol. The van der Waals surface area contributed by atoms with Crippen molar-refractivity contribution in [1.29, 1.82) is 0 Å². The SMILES string of the molecule is CCn1c(C[NH+]2C[C@@H](C)O[C@H](C)C2)nc2cc(S(=O)(=O)N3CCCCC3)ccc21. The fraction of sp³-hybridized carbons (Fsp3) is 0.667. The molecule has 1 N–H and O–H groups in total. The van der Waals surface area contributed by atoms with Crippen LogP contribution in [0.3, 0.4) is 0 Å². The Morgan fingerprint density at radius 2 is 1.83 bits per heavy atom. The van der Waals surface area contributed by atoms with E-state index in [0.29, 0.717) is 18.0 Å². The van der Waals surface area contributed by atoms with Crippen LogP contribution in [0.15, 0.2) is 23.1 Å². The molecule has 0 spiro atoms. The molecule has 0 amide bonds. The lowest BCUT2D eigenvalue weighted by molar-refractivity contribution is -0.929. The highest BCUT2D eigenvalue weighted by Crippen LogP contribution is 2.25. The summed E-state index contributed by atoms with van der Waals surface area (Å²) in [5, 5.41) is 0. The number of imidazole rings is 1. The predicted octanol–water partition coefficient (Wildman–Crippen LogP) is 1.42. The van der Waals surface area contributed by atoms with Gasteiger partial charge < -0.3 is 14.2 Å². The summed E-state index contributed by atoms with van der Waals surface area (Å²) in [5.74, 6) is 1.02. The number of aryl methyl sites for hydroxylation is 1. The van der Waals surface area contributed by atoms with Gasteiger partial charge in [0.2, 0.25) is 10.0 Å². The minimum atomic E-state index is -3.44. The van der Waals surface area contributed by atoms with Crippen LogP contribution in [-0.4, -0.2) is 60.7 Å². The van der Waals surface area contributed by atoms with Gasteiger partial charge in [0.25, 0.3) is 0 Å². The molecule has 2 atom stereocenters. The molecule has 0 unspecified atom stereocenters. The molecule has 7 nitrogen and oxygen atoms in total. The van der Waals surface area contributed by atoms with Gasteiger partial charge in [-0.15, -0.1) is 0 Å². The molecule has 2 fully saturated rings. The van der Waals surface area contributed by atoms with Crippen molar-refractivity contribution < 1.29 is 18.1 Å². The number of rotatable bonds is 5. The van der Waals surface area contributed by atoms with Crippen LogP contribution < -0.4 is 4.90 Å². The molecule has 2 aliphatic rings. The second-order valence-electron chi connectivity index (χ2n) is 8.48. The highest BCUT2D eigenvalue weighted by atomic mass is 32.2. The molecule has 8 heteroatoms. The number of nitrogens with one attached hydrogen (secondary N) is 1. The van der Waals surface area contributed by atoms with Crippen LogP contribution in [0, 0.1) is 0 Å². The lowest BCUT2D eigenvalue weighted by Crippen LogP contribution is -3.14. The summed E-state index contributed by atoms with van der Waals surface area (Å²) in [6.45, 7) is 11.2. The highest BCUT2D eigenvalue weighted by molar-refractivity contribution is 7.89. The van der Waals surface area contributed by atoms with Gasteiger partial charge in [0.15, 0.2) is 5.82 Å². The Labute approximate surface area is 173 Å². The molecule has 4 rings (SSSR count). The first-order chi connectivity index (χ1) is 13.9. The van der Waals surface area contributed by atoms with Gasteiger partial charge in [0.05, 0.1) is 15.9 Å². The number of benzene rings is 1. The van der Waals surface area contributed by atoms with Crippen LogP contribution in [0.4, 0.5) is 0 Å². The Hall–Kier alpha value is -1.48. The summed E-state index contributed by atoms with van der Waals surface area (Å²) in [4.78, 5) is 6.69. The van der Waals surface area contributed by atoms with E-state index in [1.54, 1.807) is 16.4 Å². The number of piperidine rings is 1. The van der Waals surface area contributed by atoms with E-state index in [4.69, 9.17) is 9.72 Å². The van der Waals surface area contributed by atoms with Crippen molar-refractivity contribution in [3.05, 3.63) is 24.0 Å². The molecule has 3 heterocycles. The lowest BCUT2D eigenvalue weighted by Gasteiger charge is -2.32. The van der Waals surface area contributed by atoms with Crippen molar-refractivity contribution in [2.45, 2.75) is 70.2 Å². The molecule has 29 heavy (non-hydrogen) atoms. The monoisotopic (exact) mass is 421 g/mol. The average Bonchev–Trinajstić information content (AvgIpc) is 3.03. The molecule has 2 aliphatic heterocycles. The number of nitrogens with zero attached hydrogens (tertiary/aromatic N) is 3. The standard InChI is InChI=1S/C21H32N4O3S/c1-4-25-20-9-8-18(29(26,27)24-10-6-5-7-11-24)12-19(20)22-21(25)15-23-13-16(2)28-17(3)14-23/h8-9,12,16-17H,4-7,10-11,13-15H2,1-3H3/p+1/t16-,17-/m1/s1. The summed E-state index contributed by atoms with van der Waals surface area (Å²) in [6, 6.07) is 5.43. The summed E-state index contributed by atoms with van der Waals surface area (Å²) in [7, 11) is -3.44. The van der Waals surface area contributed by atoms with Crippen LogP contribution in [-0.2, 0) is 27.8 Å². The first-order valence-corrected chi connectivity index (χ1v) is 12.3. The maximum absolute atomic E-state index is 13.1. The first-order valence-electron chi connectivity index (χ1n) is 10.9. The second-order valence-corrected chi connectivity index (χ2v) is 10.4. The van der Waals surface area contributed by atoms with Crippen LogP contribution in [0.25, 0.3) is 11.0 Å². The van der Waals surface area contributed by atoms with Gasteiger partial charge in [-0.05, 0) is 51.8 Å². The Bertz CT molecular complexity index is 956. The Morgan fingerprint density at radius 1 is 1.14 bits per heavy atom. The Balaban J connectivity index is 1.64. The smallest absolute Gasteiger partial charge is 0.243 e. The van der Waals surface area contributed by atoms with Crippen molar-refractivity contribution in [2.75, 3.05) is 26.2 Å². The fourth-order valence-electron chi connectivity index (χ4n) is 4.82. The summed E-state index contributed by atoms with van der Waals surface area (Å²) in [6.07, 6.45) is 3.48. The van der Waals surface area contributed by atoms with Crippen molar-refractivity contribution in [3.8, 4) is 0 Å². The van der Waals surface area contributed by atoms with Gasteiger partial charge >= 0.3 is 0 Å². The second kappa shape index (κ2) is 8.34. The molecule has 1 aromatic heterocycles. The normalized spacial score (nSPS) is 26.8. The Kier molecular flexibility index (Phi) is 5.97. The number of hydrogen-bond donors (Lipinski definition) is 1. The third-order valence-corrected chi connectivity index (χ3v) is 7.99. The van der Waals surface area contributed by atoms with E-state index >= 15 is 0 Å². The predicted molar refractivity (Wildman–Crippen MR) is 112 cm³/mol. The van der Waals surface area contributed by atoms with Gasteiger partial charge in [-0.3, -0.25) is 0 Å². The van der Waals surface area contributed by atoms with E-state index in [-0.39, 0.29) is 12.2 Å². The van der Waals surface area contributed by atoms with Crippen LogP contribution >= 0.6 is 0 Å². The van der Waals surface area contributed by atoms with Gasteiger partial charge in [-0.1, -0.05) is 6.42 Å². The van der Waals surface area contributed by atoms with Gasteiger partial charge in [0.1, 0.15) is 31.8 Å². The van der Waals surface area contributed by atoms with Crippen molar-refractivity contribution in [2.24, 2.45) is 0 Å². The van der Waals surface area contributed by atoms with Crippen molar-refractivity contribution >= 4 is 21.1 Å². The van der Waals surface area contributed by atoms with Crippen LogP contribution in [0.5, 0.6) is 0 Å². The zero-order valence-electron chi connectivity index (χ0n) is 17.7. The first kappa shape index (κ1) is 20.8. The average molecular weight is 422 g/mol. The minimum absolute atomic E-state index is 0.245. The molecule has 2 saturated heterocycles. The summed E-state index contributed by atoms with van der Waals surface area (Å²) >= 11 is 0. The van der Waals surface area contributed by atoms with E-state index in [0.717, 1.165) is 62.3 Å². The molecule has 0 aliphatic carbocycles. The number of quaternary nitrogens is 1. The van der Waals surface area contributed by atoms with Crippen molar-refractivity contribution in [1.82, 2.24) is 13.9 Å². The molecule has 160 valence electrons. The quantitative estimate of drug-likeness (QED) is 0.793. The van der Waals surface area contributed by atoms with E-state index in [2.05, 4.69) is 25.3 Å². The van der Waals surface area contributed by atoms with Gasteiger partial charge in [-0.25, -0.2) is 13.4 Å². The maximum Gasteiger partial charge on any atom is 0.243 e. The lowest BCUT2D eigenvalue weighted by atomic mass is 10.2. The molecular formula is C21H33N4O3S+. The maximum atomic E-state index is 13.1. The zero-order valence-corrected chi connectivity index (χ0v) is 18.5. The number of hydrogen-bond acceptors (Lipinski definition) is 4. The minimum Gasteiger partial charge on any atom is -0.364 e. The molecule has 2 aromatic rings. The van der Waals surface area contributed by atoms with Gasteiger partial charge in [-0.2, -0.15) is 4.31 Å². The molecule has 0 bridgehead atoms. The van der Waals surface area contributed by atoms with E-state index in [9.17, 15) is 8.42 Å². The Morgan fingerprint density at radius 3 is 2.48 bits per heavy atom. The number of sulfonamides is 1. The van der Waals surface area contributed by atoms with Crippen LogP contribution in [0.1, 0.15) is 45.9 Å². The number of fused-ring (bicyclic) bond motifs is 1. The van der Waals surface area contributed by atoms with E-state index in [1.165, 1.54) is 4.90 Å². The van der Waals surface area contributed by atoms with Gasteiger partial charge in [0, 0.05) is 19.6 Å². The largest absolute Gasteiger partial charge is 0.364 e. The zero-order chi connectivity index (χ0) is 20.6. The van der Waals surface area contributed by atoms with E-state index in [1.807, 2.05) is 6.07 Å². The number of ether oxygens (including phenoxy) is 1. The highest BCUT2D eigenvalue weighted by Gasteiger charge is 2.29. The van der Waals surface area contributed by atoms with Crippen LogP contribution in [0.2, 0.25) is 0 Å². The molecule has 1 aromatic carbocycles. The van der Waals surface area contributed by atoms with Crippen molar-refractivity contribution in [3.63, 3.8) is 0 Å².